The van der Waals surface area contributed by atoms with Crippen LogP contribution in [0.3, 0.4) is 0 Å². The first-order valence-electron chi connectivity index (χ1n) is 4.87. The van der Waals surface area contributed by atoms with Crippen LogP contribution in [-0.4, -0.2) is 33.6 Å². The first-order valence-corrected chi connectivity index (χ1v) is 6.02. The molecule has 1 aromatic rings. The van der Waals surface area contributed by atoms with Crippen LogP contribution in [0.1, 0.15) is 31.7 Å². The SMILES string of the molecule is CCOC(C)c1noc(CSCC(=O)O)n1. The van der Waals surface area contributed by atoms with Crippen molar-refractivity contribution in [1.82, 2.24) is 10.1 Å². The molecule has 6 nitrogen and oxygen atoms in total. The van der Waals surface area contributed by atoms with Crippen molar-refractivity contribution in [3.8, 4) is 0 Å². The van der Waals surface area contributed by atoms with Gasteiger partial charge in [0.2, 0.25) is 5.89 Å². The van der Waals surface area contributed by atoms with E-state index in [0.29, 0.717) is 24.1 Å². The summed E-state index contributed by atoms with van der Waals surface area (Å²) in [6, 6.07) is 0. The number of carboxylic acids is 1. The van der Waals surface area contributed by atoms with E-state index in [0.717, 1.165) is 0 Å². The Morgan fingerprint density at radius 2 is 2.44 bits per heavy atom. The molecule has 0 saturated carbocycles. The lowest BCUT2D eigenvalue weighted by Gasteiger charge is -2.04. The average molecular weight is 246 g/mol. The van der Waals surface area contributed by atoms with Crippen LogP contribution >= 0.6 is 11.8 Å². The fraction of sp³-hybridized carbons (Fsp3) is 0.667. The van der Waals surface area contributed by atoms with Gasteiger partial charge >= 0.3 is 5.97 Å². The third kappa shape index (κ3) is 4.19. The number of aromatic nitrogens is 2. The molecule has 1 unspecified atom stereocenters. The van der Waals surface area contributed by atoms with Crippen LogP contribution in [0.5, 0.6) is 0 Å². The van der Waals surface area contributed by atoms with Crippen molar-refractivity contribution in [2.45, 2.75) is 25.7 Å². The molecule has 0 saturated heterocycles. The Bertz CT molecular complexity index is 342. The van der Waals surface area contributed by atoms with E-state index in [4.69, 9.17) is 14.4 Å². The number of carbonyl (C=O) groups is 1. The number of aliphatic carboxylic acids is 1. The van der Waals surface area contributed by atoms with Gasteiger partial charge < -0.3 is 14.4 Å². The zero-order chi connectivity index (χ0) is 12.0. The van der Waals surface area contributed by atoms with Gasteiger partial charge in [-0.2, -0.15) is 4.98 Å². The summed E-state index contributed by atoms with van der Waals surface area (Å²) in [5.74, 6) is 0.490. The highest BCUT2D eigenvalue weighted by atomic mass is 32.2. The molecule has 0 aliphatic heterocycles. The molecule has 1 rings (SSSR count). The summed E-state index contributed by atoms with van der Waals surface area (Å²) in [6.07, 6.45) is -0.202. The largest absolute Gasteiger partial charge is 0.481 e. The lowest BCUT2D eigenvalue weighted by molar-refractivity contribution is -0.133. The van der Waals surface area contributed by atoms with Crippen molar-refractivity contribution in [1.29, 1.82) is 0 Å². The molecule has 1 heterocycles. The van der Waals surface area contributed by atoms with Crippen LogP contribution in [-0.2, 0) is 15.3 Å². The Hall–Kier alpha value is -1.08. The van der Waals surface area contributed by atoms with Gasteiger partial charge in [0.05, 0.1) is 11.5 Å². The highest BCUT2D eigenvalue weighted by Crippen LogP contribution is 2.15. The molecule has 1 N–H and O–H groups in total. The van der Waals surface area contributed by atoms with E-state index in [1.165, 1.54) is 11.8 Å². The van der Waals surface area contributed by atoms with Crippen molar-refractivity contribution >= 4 is 17.7 Å². The number of ether oxygens (including phenoxy) is 1. The molecule has 0 aliphatic carbocycles. The second-order valence-corrected chi connectivity index (χ2v) is 4.02. The third-order valence-corrected chi connectivity index (χ3v) is 2.62. The number of carboxylic acid groups (broad SMARTS) is 1. The normalized spacial score (nSPS) is 12.6. The number of nitrogens with zero attached hydrogens (tertiary/aromatic N) is 2. The summed E-state index contributed by atoms with van der Waals surface area (Å²) in [7, 11) is 0. The standard InChI is InChI=1S/C9H14N2O4S/c1-3-14-6(2)9-10-7(15-11-9)4-16-5-8(12)13/h6H,3-5H2,1-2H3,(H,12,13). The van der Waals surface area contributed by atoms with E-state index >= 15 is 0 Å². The van der Waals surface area contributed by atoms with Crippen molar-refractivity contribution in [3.05, 3.63) is 11.7 Å². The Morgan fingerprint density at radius 1 is 1.69 bits per heavy atom. The number of hydrogen-bond donors (Lipinski definition) is 1. The van der Waals surface area contributed by atoms with Crippen molar-refractivity contribution in [2.75, 3.05) is 12.4 Å². The first kappa shape index (κ1) is 13.0. The summed E-state index contributed by atoms with van der Waals surface area (Å²) in [5.41, 5.74) is 0. The average Bonchev–Trinajstić information content (AvgIpc) is 2.66. The van der Waals surface area contributed by atoms with E-state index in [9.17, 15) is 4.79 Å². The molecule has 7 heteroatoms. The fourth-order valence-corrected chi connectivity index (χ4v) is 1.61. The minimum atomic E-state index is -0.854. The van der Waals surface area contributed by atoms with Gasteiger partial charge in [-0.05, 0) is 13.8 Å². The monoisotopic (exact) mass is 246 g/mol. The Balaban J connectivity index is 2.41. The second-order valence-electron chi connectivity index (χ2n) is 3.03. The lowest BCUT2D eigenvalue weighted by Crippen LogP contribution is -2.01. The van der Waals surface area contributed by atoms with Crippen LogP contribution in [0.25, 0.3) is 0 Å². The van der Waals surface area contributed by atoms with Crippen LogP contribution in [0.15, 0.2) is 4.52 Å². The molecular formula is C9H14N2O4S. The second kappa shape index (κ2) is 6.49. The van der Waals surface area contributed by atoms with Crippen LogP contribution in [0.2, 0.25) is 0 Å². The van der Waals surface area contributed by atoms with Gasteiger partial charge in [-0.25, -0.2) is 0 Å². The molecule has 16 heavy (non-hydrogen) atoms. The van der Waals surface area contributed by atoms with Gasteiger partial charge in [0.15, 0.2) is 5.82 Å². The van der Waals surface area contributed by atoms with Gasteiger partial charge in [0, 0.05) is 6.61 Å². The molecule has 0 amide bonds. The molecular weight excluding hydrogens is 232 g/mol. The zero-order valence-corrected chi connectivity index (χ0v) is 9.99. The van der Waals surface area contributed by atoms with E-state index < -0.39 is 5.97 Å². The maximum atomic E-state index is 10.3. The summed E-state index contributed by atoms with van der Waals surface area (Å²) in [6.45, 7) is 4.31. The molecule has 0 aliphatic rings. The van der Waals surface area contributed by atoms with Crippen molar-refractivity contribution < 1.29 is 19.2 Å². The predicted molar refractivity (Wildman–Crippen MR) is 58.1 cm³/mol. The smallest absolute Gasteiger partial charge is 0.313 e. The quantitative estimate of drug-likeness (QED) is 0.779. The summed E-state index contributed by atoms with van der Waals surface area (Å²) in [4.78, 5) is 14.4. The molecule has 0 radical (unpaired) electrons. The molecule has 90 valence electrons. The Labute approximate surface area is 97.4 Å². The van der Waals surface area contributed by atoms with E-state index in [2.05, 4.69) is 10.1 Å². The molecule has 0 fully saturated rings. The zero-order valence-electron chi connectivity index (χ0n) is 9.17. The maximum absolute atomic E-state index is 10.3. The number of thioether (sulfide) groups is 1. The highest BCUT2D eigenvalue weighted by molar-refractivity contribution is 7.99. The highest BCUT2D eigenvalue weighted by Gasteiger charge is 2.13. The Kier molecular flexibility index (Phi) is 5.27. The first-order chi connectivity index (χ1) is 7.63. The fourth-order valence-electron chi connectivity index (χ4n) is 1.04. The van der Waals surface area contributed by atoms with Gasteiger partial charge in [0.25, 0.3) is 0 Å². The van der Waals surface area contributed by atoms with Gasteiger partial charge in [-0.15, -0.1) is 11.8 Å². The summed E-state index contributed by atoms with van der Waals surface area (Å²) >= 11 is 1.22. The van der Waals surface area contributed by atoms with Crippen LogP contribution in [0.4, 0.5) is 0 Å². The minimum absolute atomic E-state index is 0.0265. The lowest BCUT2D eigenvalue weighted by atomic mass is 10.4. The van der Waals surface area contributed by atoms with E-state index in [1.807, 2.05) is 13.8 Å². The van der Waals surface area contributed by atoms with E-state index in [1.54, 1.807) is 0 Å². The van der Waals surface area contributed by atoms with Crippen molar-refractivity contribution in [2.24, 2.45) is 0 Å². The van der Waals surface area contributed by atoms with Crippen LogP contribution in [0, 0.1) is 0 Å². The number of rotatable bonds is 7. The van der Waals surface area contributed by atoms with Gasteiger partial charge in [0.1, 0.15) is 6.10 Å². The molecule has 0 aromatic carbocycles. The van der Waals surface area contributed by atoms with Gasteiger partial charge in [-0.3, -0.25) is 4.79 Å². The third-order valence-electron chi connectivity index (χ3n) is 1.72. The minimum Gasteiger partial charge on any atom is -0.481 e. The Morgan fingerprint density at radius 3 is 3.06 bits per heavy atom. The topological polar surface area (TPSA) is 85.5 Å². The predicted octanol–water partition coefficient (Wildman–Crippen LogP) is 1.48. The molecule has 0 spiro atoms. The van der Waals surface area contributed by atoms with Gasteiger partial charge in [-0.1, -0.05) is 5.16 Å². The van der Waals surface area contributed by atoms with E-state index in [-0.39, 0.29) is 11.9 Å². The molecule has 1 aromatic heterocycles. The molecule has 0 bridgehead atoms. The maximum Gasteiger partial charge on any atom is 0.313 e. The van der Waals surface area contributed by atoms with Crippen LogP contribution < -0.4 is 0 Å². The van der Waals surface area contributed by atoms with Crippen molar-refractivity contribution in [3.63, 3.8) is 0 Å². The summed E-state index contributed by atoms with van der Waals surface area (Å²) in [5, 5.41) is 12.2. The summed E-state index contributed by atoms with van der Waals surface area (Å²) < 4.78 is 10.3. The number of hydrogen-bond acceptors (Lipinski definition) is 6. The molecule has 1 atom stereocenters.